The maximum Gasteiger partial charge on any atom is 0.341 e. The summed E-state index contributed by atoms with van der Waals surface area (Å²) < 4.78 is 5.23. The minimum absolute atomic E-state index is 0. The zero-order valence-corrected chi connectivity index (χ0v) is 17.8. The van der Waals surface area contributed by atoms with Crippen molar-refractivity contribution in [3.05, 3.63) is 44.5 Å². The topological polar surface area (TPSA) is 58.6 Å². The minimum Gasteiger partial charge on any atom is -0.462 e. The molecule has 1 amide bonds. The summed E-state index contributed by atoms with van der Waals surface area (Å²) in [5, 5.41) is 5.43. The molecule has 0 bridgehead atoms. The number of nitrogens with zero attached hydrogens (tertiary/aromatic N) is 1. The number of amides is 1. The highest BCUT2D eigenvalue weighted by Crippen LogP contribution is 2.37. The number of anilines is 1. The van der Waals surface area contributed by atoms with Crippen LogP contribution in [0, 0.1) is 0 Å². The standard InChI is InChI=1S/C19H22N2O3S2.ClH/c1-3-21-10-9-14-15(12-21)26-18(17(14)19(23)24-4-2)20-16(22)8-7-13-6-5-11-25-13;/h5-8,11H,3-4,9-10,12H2,1-2H3,(H,20,22);1H/b8-7+;. The van der Waals surface area contributed by atoms with E-state index in [0.29, 0.717) is 17.2 Å². The third kappa shape index (κ3) is 5.19. The van der Waals surface area contributed by atoms with E-state index in [4.69, 9.17) is 4.74 Å². The van der Waals surface area contributed by atoms with Crippen LogP contribution in [0.5, 0.6) is 0 Å². The molecule has 0 radical (unpaired) electrons. The van der Waals surface area contributed by atoms with Gasteiger partial charge < -0.3 is 10.1 Å². The van der Waals surface area contributed by atoms with E-state index in [1.807, 2.05) is 17.5 Å². The van der Waals surface area contributed by atoms with Gasteiger partial charge in [-0.05, 0) is 43.0 Å². The van der Waals surface area contributed by atoms with Crippen molar-refractivity contribution in [2.45, 2.75) is 26.8 Å². The van der Waals surface area contributed by atoms with Gasteiger partial charge in [-0.25, -0.2) is 4.79 Å². The molecule has 0 saturated heterocycles. The maximum absolute atomic E-state index is 12.5. The van der Waals surface area contributed by atoms with E-state index in [2.05, 4.69) is 17.1 Å². The molecule has 5 nitrogen and oxygen atoms in total. The van der Waals surface area contributed by atoms with E-state index >= 15 is 0 Å². The molecule has 0 spiro atoms. The number of nitrogens with one attached hydrogen (secondary N) is 1. The number of hydrogen-bond donors (Lipinski definition) is 1. The van der Waals surface area contributed by atoms with Crippen LogP contribution in [-0.4, -0.2) is 36.5 Å². The molecule has 0 fully saturated rings. The molecule has 1 aliphatic heterocycles. The molecule has 2 aromatic heterocycles. The molecular weight excluding hydrogens is 404 g/mol. The number of carbonyl (C=O) groups excluding carboxylic acids is 2. The van der Waals surface area contributed by atoms with Crippen LogP contribution in [0.4, 0.5) is 5.00 Å². The predicted molar refractivity (Wildman–Crippen MR) is 114 cm³/mol. The summed E-state index contributed by atoms with van der Waals surface area (Å²) in [7, 11) is 0. The monoisotopic (exact) mass is 426 g/mol. The molecule has 8 heteroatoms. The number of esters is 1. The van der Waals surface area contributed by atoms with E-state index in [1.165, 1.54) is 17.4 Å². The zero-order valence-electron chi connectivity index (χ0n) is 15.3. The lowest BCUT2D eigenvalue weighted by atomic mass is 10.0. The Morgan fingerprint density at radius 1 is 1.37 bits per heavy atom. The maximum atomic E-state index is 12.5. The summed E-state index contributed by atoms with van der Waals surface area (Å²) in [6.07, 6.45) is 4.07. The molecule has 1 N–H and O–H groups in total. The van der Waals surface area contributed by atoms with Crippen molar-refractivity contribution in [2.75, 3.05) is 25.0 Å². The zero-order chi connectivity index (χ0) is 18.5. The van der Waals surface area contributed by atoms with E-state index in [1.54, 1.807) is 24.3 Å². The van der Waals surface area contributed by atoms with E-state index in [0.717, 1.165) is 41.4 Å². The Bertz CT molecular complexity index is 815. The van der Waals surface area contributed by atoms with Crippen LogP contribution in [0.15, 0.2) is 23.6 Å². The molecule has 1 aliphatic rings. The van der Waals surface area contributed by atoms with Gasteiger partial charge in [0.15, 0.2) is 0 Å². The Balaban J connectivity index is 0.00000261. The Labute approximate surface area is 173 Å². The summed E-state index contributed by atoms with van der Waals surface area (Å²) in [4.78, 5) is 29.3. The number of hydrogen-bond acceptors (Lipinski definition) is 6. The quantitative estimate of drug-likeness (QED) is 0.548. The molecule has 27 heavy (non-hydrogen) atoms. The molecule has 0 aromatic carbocycles. The van der Waals surface area contributed by atoms with Gasteiger partial charge in [-0.15, -0.1) is 35.1 Å². The average molecular weight is 427 g/mol. The number of carbonyl (C=O) groups is 2. The summed E-state index contributed by atoms with van der Waals surface area (Å²) >= 11 is 3.05. The number of fused-ring (bicyclic) bond motifs is 1. The lowest BCUT2D eigenvalue weighted by Crippen LogP contribution is -2.30. The highest BCUT2D eigenvalue weighted by Gasteiger charge is 2.28. The van der Waals surface area contributed by atoms with Gasteiger partial charge in [0, 0.05) is 28.9 Å². The van der Waals surface area contributed by atoms with Crippen molar-refractivity contribution >= 4 is 58.0 Å². The Kier molecular flexibility index (Phi) is 8.04. The molecule has 0 atom stereocenters. The van der Waals surface area contributed by atoms with Gasteiger partial charge in [-0.3, -0.25) is 9.69 Å². The van der Waals surface area contributed by atoms with Crippen molar-refractivity contribution in [1.29, 1.82) is 0 Å². The van der Waals surface area contributed by atoms with Crippen molar-refractivity contribution < 1.29 is 14.3 Å². The fourth-order valence-electron chi connectivity index (χ4n) is 2.93. The van der Waals surface area contributed by atoms with Crippen molar-refractivity contribution in [1.82, 2.24) is 4.90 Å². The first-order valence-electron chi connectivity index (χ1n) is 8.69. The van der Waals surface area contributed by atoms with Gasteiger partial charge in [0.25, 0.3) is 0 Å². The van der Waals surface area contributed by atoms with Gasteiger partial charge in [0.1, 0.15) is 5.00 Å². The van der Waals surface area contributed by atoms with Gasteiger partial charge in [0.05, 0.1) is 12.2 Å². The highest BCUT2D eigenvalue weighted by molar-refractivity contribution is 7.17. The van der Waals surface area contributed by atoms with E-state index in [-0.39, 0.29) is 24.3 Å². The molecule has 0 unspecified atom stereocenters. The summed E-state index contributed by atoms with van der Waals surface area (Å²) in [6.45, 7) is 6.93. The SMILES string of the molecule is CCOC(=O)c1c(NC(=O)/C=C/c2cccs2)sc2c1CCN(CC)C2.Cl. The molecule has 0 aliphatic carbocycles. The fraction of sp³-hybridized carbons (Fsp3) is 0.368. The normalized spacial score (nSPS) is 13.9. The molecule has 3 rings (SSSR count). The first-order valence-corrected chi connectivity index (χ1v) is 10.4. The predicted octanol–water partition coefficient (Wildman–Crippen LogP) is 4.44. The number of rotatable bonds is 6. The van der Waals surface area contributed by atoms with Crippen LogP contribution < -0.4 is 5.32 Å². The molecule has 146 valence electrons. The van der Waals surface area contributed by atoms with Crippen molar-refractivity contribution in [3.63, 3.8) is 0 Å². The van der Waals surface area contributed by atoms with Gasteiger partial charge >= 0.3 is 5.97 Å². The Morgan fingerprint density at radius 2 is 2.19 bits per heavy atom. The Morgan fingerprint density at radius 3 is 2.85 bits per heavy atom. The summed E-state index contributed by atoms with van der Waals surface area (Å²) in [5.41, 5.74) is 1.55. The third-order valence-corrected chi connectivity index (χ3v) is 6.21. The largest absolute Gasteiger partial charge is 0.462 e. The van der Waals surface area contributed by atoms with Crippen molar-refractivity contribution in [3.8, 4) is 0 Å². The average Bonchev–Trinajstić information content (AvgIpc) is 3.26. The first kappa shape index (κ1) is 21.6. The lowest BCUT2D eigenvalue weighted by molar-refractivity contribution is -0.111. The third-order valence-electron chi connectivity index (χ3n) is 4.24. The van der Waals surface area contributed by atoms with Crippen LogP contribution in [0.1, 0.15) is 39.5 Å². The molecular formula is C19H23ClN2O3S2. The molecule has 3 heterocycles. The second kappa shape index (κ2) is 10.0. The van der Waals surface area contributed by atoms with Gasteiger partial charge in [-0.1, -0.05) is 13.0 Å². The molecule has 0 saturated carbocycles. The second-order valence-electron chi connectivity index (χ2n) is 5.89. The fourth-order valence-corrected chi connectivity index (χ4v) is 4.83. The van der Waals surface area contributed by atoms with Gasteiger partial charge in [0.2, 0.25) is 5.91 Å². The number of thiophene rings is 2. The van der Waals surface area contributed by atoms with Crippen LogP contribution in [0.2, 0.25) is 0 Å². The van der Waals surface area contributed by atoms with E-state index < -0.39 is 0 Å². The summed E-state index contributed by atoms with van der Waals surface area (Å²) in [6, 6.07) is 3.88. The molecule has 2 aromatic rings. The number of likely N-dealkylation sites (N-methyl/N-ethyl adjacent to an activating group) is 1. The van der Waals surface area contributed by atoms with Gasteiger partial charge in [-0.2, -0.15) is 0 Å². The lowest BCUT2D eigenvalue weighted by Gasteiger charge is -2.25. The van der Waals surface area contributed by atoms with Crippen LogP contribution >= 0.6 is 35.1 Å². The minimum atomic E-state index is -0.354. The number of halogens is 1. The van der Waals surface area contributed by atoms with Crippen LogP contribution in [-0.2, 0) is 22.5 Å². The number of ether oxygens (including phenoxy) is 1. The van der Waals surface area contributed by atoms with Crippen molar-refractivity contribution in [2.24, 2.45) is 0 Å². The second-order valence-corrected chi connectivity index (χ2v) is 7.97. The smallest absolute Gasteiger partial charge is 0.341 e. The van der Waals surface area contributed by atoms with Crippen LogP contribution in [0.25, 0.3) is 6.08 Å². The first-order chi connectivity index (χ1) is 12.6. The van der Waals surface area contributed by atoms with Crippen LogP contribution in [0.3, 0.4) is 0 Å². The Hall–Kier alpha value is -1.67. The summed E-state index contributed by atoms with van der Waals surface area (Å²) in [5.74, 6) is -0.595. The van der Waals surface area contributed by atoms with E-state index in [9.17, 15) is 9.59 Å². The highest BCUT2D eigenvalue weighted by atomic mass is 35.5.